The van der Waals surface area contributed by atoms with Crippen molar-refractivity contribution >= 4 is 7.60 Å². The van der Waals surface area contributed by atoms with Gasteiger partial charge in [0.15, 0.2) is 0 Å². The Hall–Kier alpha value is -0.190. The zero-order valence-corrected chi connectivity index (χ0v) is 8.00. The minimum atomic E-state index is -3.78. The van der Waals surface area contributed by atoms with E-state index in [1.807, 2.05) is 0 Å². The average Bonchev–Trinajstić information content (AvgIpc) is 1.87. The SMILES string of the molecule is C=CCP(=O)(O)O.CNCCO. The van der Waals surface area contributed by atoms with Crippen LogP contribution in [0.1, 0.15) is 0 Å². The molecule has 0 unspecified atom stereocenters. The van der Waals surface area contributed by atoms with Crippen LogP contribution in [0.25, 0.3) is 0 Å². The Morgan fingerprint density at radius 2 is 2.08 bits per heavy atom. The van der Waals surface area contributed by atoms with Crippen LogP contribution in [0.4, 0.5) is 0 Å². The third-order valence-corrected chi connectivity index (χ3v) is 1.46. The fourth-order valence-electron chi connectivity index (χ4n) is 0.280. The van der Waals surface area contributed by atoms with Gasteiger partial charge in [0.2, 0.25) is 0 Å². The summed E-state index contributed by atoms with van der Waals surface area (Å²) in [6.45, 7) is 4.08. The van der Waals surface area contributed by atoms with Crippen molar-refractivity contribution in [2.75, 3.05) is 26.4 Å². The molecule has 0 aromatic heterocycles. The van der Waals surface area contributed by atoms with Gasteiger partial charge in [-0.05, 0) is 7.05 Å². The largest absolute Gasteiger partial charge is 0.395 e. The predicted molar refractivity (Wildman–Crippen MR) is 48.1 cm³/mol. The molecule has 5 nitrogen and oxygen atoms in total. The van der Waals surface area contributed by atoms with Gasteiger partial charge >= 0.3 is 7.60 Å². The summed E-state index contributed by atoms with van der Waals surface area (Å²) >= 11 is 0. The molecule has 0 aliphatic carbocycles. The molecule has 74 valence electrons. The summed E-state index contributed by atoms with van der Waals surface area (Å²) in [6, 6.07) is 0. The van der Waals surface area contributed by atoms with Crippen LogP contribution in [0.15, 0.2) is 12.7 Å². The van der Waals surface area contributed by atoms with Gasteiger partial charge in [0, 0.05) is 6.54 Å². The van der Waals surface area contributed by atoms with Crippen molar-refractivity contribution in [3.63, 3.8) is 0 Å². The number of hydrogen-bond acceptors (Lipinski definition) is 3. The summed E-state index contributed by atoms with van der Waals surface area (Å²) in [7, 11) is -1.98. The van der Waals surface area contributed by atoms with Gasteiger partial charge in [-0.15, -0.1) is 6.58 Å². The Labute approximate surface area is 72.3 Å². The summed E-state index contributed by atoms with van der Waals surface area (Å²) in [5, 5.41) is 10.8. The molecule has 0 radical (unpaired) electrons. The molecule has 12 heavy (non-hydrogen) atoms. The minimum absolute atomic E-state index is 0.229. The first-order valence-corrected chi connectivity index (χ1v) is 5.18. The second-order valence-corrected chi connectivity index (χ2v) is 3.66. The minimum Gasteiger partial charge on any atom is -0.395 e. The lowest BCUT2D eigenvalue weighted by Crippen LogP contribution is -2.10. The smallest absolute Gasteiger partial charge is 0.329 e. The third-order valence-electron chi connectivity index (χ3n) is 0.729. The molecule has 0 aromatic carbocycles. The summed E-state index contributed by atoms with van der Waals surface area (Å²) in [5.74, 6) is 0. The predicted octanol–water partition coefficient (Wildman–Crippen LogP) is -0.452. The normalized spacial score (nSPS) is 10.0. The Morgan fingerprint density at radius 3 is 2.08 bits per heavy atom. The van der Waals surface area contributed by atoms with Gasteiger partial charge in [0.25, 0.3) is 0 Å². The van der Waals surface area contributed by atoms with Crippen molar-refractivity contribution in [2.24, 2.45) is 0 Å². The molecule has 0 saturated heterocycles. The molecule has 0 rings (SSSR count). The van der Waals surface area contributed by atoms with E-state index in [0.717, 1.165) is 0 Å². The van der Waals surface area contributed by atoms with E-state index in [2.05, 4.69) is 11.9 Å². The summed E-state index contributed by atoms with van der Waals surface area (Å²) in [5.41, 5.74) is 0. The molecule has 0 aliphatic rings. The van der Waals surface area contributed by atoms with E-state index in [9.17, 15) is 4.57 Å². The van der Waals surface area contributed by atoms with Crippen molar-refractivity contribution in [3.05, 3.63) is 12.7 Å². The maximum absolute atomic E-state index is 9.85. The molecule has 0 fully saturated rings. The lowest BCUT2D eigenvalue weighted by atomic mass is 10.7. The van der Waals surface area contributed by atoms with Crippen molar-refractivity contribution < 1.29 is 19.5 Å². The van der Waals surface area contributed by atoms with Crippen LogP contribution in [0.3, 0.4) is 0 Å². The number of allylic oxidation sites excluding steroid dienone is 1. The monoisotopic (exact) mass is 197 g/mol. The zero-order valence-electron chi connectivity index (χ0n) is 7.10. The summed E-state index contributed by atoms with van der Waals surface area (Å²) in [6.07, 6.45) is 0.966. The van der Waals surface area contributed by atoms with Crippen LogP contribution in [0.5, 0.6) is 0 Å². The number of likely N-dealkylation sites (N-methyl/N-ethyl adjacent to an activating group) is 1. The summed E-state index contributed by atoms with van der Waals surface area (Å²) < 4.78 is 9.85. The van der Waals surface area contributed by atoms with Gasteiger partial charge in [0.05, 0.1) is 12.8 Å². The fraction of sp³-hybridized carbons (Fsp3) is 0.667. The topological polar surface area (TPSA) is 89.8 Å². The second kappa shape index (κ2) is 8.90. The fourth-order valence-corrected chi connectivity index (χ4v) is 0.616. The van der Waals surface area contributed by atoms with Crippen LogP contribution in [-0.2, 0) is 4.57 Å². The highest BCUT2D eigenvalue weighted by Crippen LogP contribution is 2.33. The van der Waals surface area contributed by atoms with Crippen LogP contribution < -0.4 is 5.32 Å². The first-order chi connectivity index (χ1) is 5.47. The lowest BCUT2D eigenvalue weighted by molar-refractivity contribution is 0.296. The van der Waals surface area contributed by atoms with Crippen molar-refractivity contribution in [3.8, 4) is 0 Å². The third kappa shape index (κ3) is 22.6. The molecule has 0 aliphatic heterocycles. The number of hydrogen-bond donors (Lipinski definition) is 4. The van der Waals surface area contributed by atoms with E-state index < -0.39 is 7.60 Å². The van der Waals surface area contributed by atoms with Gasteiger partial charge in [0.1, 0.15) is 0 Å². The maximum atomic E-state index is 9.85. The molecular formula is C6H16NO4P. The van der Waals surface area contributed by atoms with E-state index in [-0.39, 0.29) is 12.8 Å². The van der Waals surface area contributed by atoms with Crippen LogP contribution >= 0.6 is 7.60 Å². The molecular weight excluding hydrogens is 181 g/mol. The van der Waals surface area contributed by atoms with E-state index in [1.54, 1.807) is 7.05 Å². The average molecular weight is 197 g/mol. The van der Waals surface area contributed by atoms with E-state index in [4.69, 9.17) is 14.9 Å². The van der Waals surface area contributed by atoms with Gasteiger partial charge < -0.3 is 20.2 Å². The van der Waals surface area contributed by atoms with Crippen LogP contribution in [0, 0.1) is 0 Å². The van der Waals surface area contributed by atoms with Crippen LogP contribution in [-0.4, -0.2) is 41.3 Å². The number of nitrogens with one attached hydrogen (secondary N) is 1. The Kier molecular flexibility index (Phi) is 10.6. The van der Waals surface area contributed by atoms with Gasteiger partial charge in [-0.1, -0.05) is 6.08 Å². The van der Waals surface area contributed by atoms with Crippen LogP contribution in [0.2, 0.25) is 0 Å². The lowest BCUT2D eigenvalue weighted by Gasteiger charge is -1.94. The van der Waals surface area contributed by atoms with Crippen molar-refractivity contribution in [1.29, 1.82) is 0 Å². The molecule has 0 spiro atoms. The highest BCUT2D eigenvalue weighted by Gasteiger charge is 2.06. The number of aliphatic hydroxyl groups is 1. The van der Waals surface area contributed by atoms with E-state index >= 15 is 0 Å². The number of rotatable bonds is 4. The molecule has 0 heterocycles. The number of aliphatic hydroxyl groups excluding tert-OH is 1. The van der Waals surface area contributed by atoms with Gasteiger partial charge in [-0.2, -0.15) is 0 Å². The molecule has 0 bridgehead atoms. The summed E-state index contributed by atoms with van der Waals surface area (Å²) in [4.78, 5) is 16.1. The zero-order chi connectivity index (χ0) is 10.0. The molecule has 6 heteroatoms. The molecule has 0 atom stereocenters. The van der Waals surface area contributed by atoms with Gasteiger partial charge in [-0.25, -0.2) is 0 Å². The first-order valence-electron chi connectivity index (χ1n) is 3.39. The van der Waals surface area contributed by atoms with E-state index in [0.29, 0.717) is 6.54 Å². The molecule has 4 N–H and O–H groups in total. The Bertz CT molecular complexity index is 142. The first kappa shape index (κ1) is 14.3. The van der Waals surface area contributed by atoms with Crippen molar-refractivity contribution in [2.45, 2.75) is 0 Å². The maximum Gasteiger partial charge on any atom is 0.329 e. The van der Waals surface area contributed by atoms with Crippen molar-refractivity contribution in [1.82, 2.24) is 5.32 Å². The molecule has 0 saturated carbocycles. The Balaban J connectivity index is 0. The highest BCUT2D eigenvalue weighted by atomic mass is 31.2. The molecule has 0 amide bonds. The van der Waals surface area contributed by atoms with E-state index in [1.165, 1.54) is 6.08 Å². The highest BCUT2D eigenvalue weighted by molar-refractivity contribution is 7.51. The standard InChI is InChI=1S/C3H9NO.C3H7O3P/c1-4-2-3-5;1-2-3-7(4,5)6/h4-5H,2-3H2,1H3;2H,1,3H2,(H2,4,5,6). The Morgan fingerprint density at radius 1 is 1.58 bits per heavy atom. The second-order valence-electron chi connectivity index (χ2n) is 1.96. The molecule has 0 aromatic rings. The quantitative estimate of drug-likeness (QED) is 0.362. The van der Waals surface area contributed by atoms with Gasteiger partial charge in [-0.3, -0.25) is 4.57 Å².